The molecule has 2 rings (SSSR count). The van der Waals surface area contributed by atoms with E-state index in [9.17, 15) is 4.79 Å². The summed E-state index contributed by atoms with van der Waals surface area (Å²) >= 11 is 11.3. The first-order valence-electron chi connectivity index (χ1n) is 8.71. The number of thiocarbonyl (C=S) groups is 1. The highest BCUT2D eigenvalue weighted by Crippen LogP contribution is 2.24. The van der Waals surface area contributed by atoms with Gasteiger partial charge in [-0.15, -0.1) is 0 Å². The van der Waals surface area contributed by atoms with Crippen molar-refractivity contribution in [3.63, 3.8) is 0 Å². The fourth-order valence-electron chi connectivity index (χ4n) is 2.76. The number of hydrogen-bond donors (Lipinski definition) is 2. The van der Waals surface area contributed by atoms with Crippen LogP contribution in [0.5, 0.6) is 5.75 Å². The van der Waals surface area contributed by atoms with Crippen LogP contribution in [0.3, 0.4) is 0 Å². The van der Waals surface area contributed by atoms with Crippen LogP contribution in [0.15, 0.2) is 36.4 Å². The predicted octanol–water partition coefficient (Wildman–Crippen LogP) is 4.63. The predicted molar refractivity (Wildman–Crippen MR) is 116 cm³/mol. The third-order valence-electron chi connectivity index (χ3n) is 4.22. The molecule has 0 saturated carbocycles. The largest absolute Gasteiger partial charge is 0.496 e. The molecule has 2 aromatic carbocycles. The average molecular weight is 406 g/mol. The number of hydrogen-bond acceptors (Lipinski definition) is 4. The first kappa shape index (κ1) is 21.0. The zero-order valence-corrected chi connectivity index (χ0v) is 17.5. The van der Waals surface area contributed by atoms with Crippen molar-refractivity contribution in [1.29, 1.82) is 0 Å². The highest BCUT2D eigenvalue weighted by atomic mass is 35.5. The number of ether oxygens (including phenoxy) is 1. The van der Waals surface area contributed by atoms with E-state index in [1.807, 2.05) is 19.1 Å². The van der Waals surface area contributed by atoms with E-state index in [1.54, 1.807) is 18.2 Å². The lowest BCUT2D eigenvalue weighted by molar-refractivity contribution is 0.0975. The Balaban J connectivity index is 2.10. The van der Waals surface area contributed by atoms with E-state index in [4.69, 9.17) is 28.6 Å². The van der Waals surface area contributed by atoms with Gasteiger partial charge in [-0.2, -0.15) is 0 Å². The van der Waals surface area contributed by atoms with Crippen molar-refractivity contribution in [2.45, 2.75) is 20.8 Å². The van der Waals surface area contributed by atoms with Gasteiger partial charge in [-0.1, -0.05) is 11.6 Å². The zero-order valence-electron chi connectivity index (χ0n) is 15.9. The Bertz CT molecular complexity index is 838. The highest BCUT2D eigenvalue weighted by molar-refractivity contribution is 7.80. The standard InChI is InChI=1S/C20H24ClN3O2S/c1-5-24(6-2)15-8-9-17(13(3)11-15)22-20(27)23-19(25)16-12-14(21)7-10-18(16)26-4/h7-12H,5-6H2,1-4H3,(H2,22,23,25,27). The Kier molecular flexibility index (Phi) is 7.45. The molecule has 0 aliphatic carbocycles. The summed E-state index contributed by atoms with van der Waals surface area (Å²) in [6.07, 6.45) is 0. The van der Waals surface area contributed by atoms with Crippen LogP contribution >= 0.6 is 23.8 Å². The Hall–Kier alpha value is -2.31. The number of carbonyl (C=O) groups is 1. The number of anilines is 2. The van der Waals surface area contributed by atoms with Crippen molar-refractivity contribution in [2.24, 2.45) is 0 Å². The van der Waals surface area contributed by atoms with Crippen molar-refractivity contribution < 1.29 is 9.53 Å². The molecule has 0 aliphatic heterocycles. The maximum atomic E-state index is 12.5. The number of aryl methyl sites for hydroxylation is 1. The van der Waals surface area contributed by atoms with Crippen LogP contribution < -0.4 is 20.3 Å². The second-order valence-corrected chi connectivity index (χ2v) is 6.77. The van der Waals surface area contributed by atoms with E-state index in [0.717, 1.165) is 30.0 Å². The lowest BCUT2D eigenvalue weighted by atomic mass is 10.1. The van der Waals surface area contributed by atoms with Crippen LogP contribution in [0.2, 0.25) is 5.02 Å². The van der Waals surface area contributed by atoms with E-state index in [1.165, 1.54) is 7.11 Å². The first-order valence-corrected chi connectivity index (χ1v) is 9.49. The minimum atomic E-state index is -0.385. The molecule has 144 valence electrons. The van der Waals surface area contributed by atoms with Gasteiger partial charge in [-0.25, -0.2) is 0 Å². The molecule has 0 atom stereocenters. The van der Waals surface area contributed by atoms with Crippen LogP contribution in [0.1, 0.15) is 29.8 Å². The van der Waals surface area contributed by atoms with Gasteiger partial charge in [-0.05, 0) is 75.0 Å². The van der Waals surface area contributed by atoms with Gasteiger partial charge in [0, 0.05) is 29.5 Å². The number of nitrogens with one attached hydrogen (secondary N) is 2. The molecule has 0 unspecified atom stereocenters. The van der Waals surface area contributed by atoms with Crippen molar-refractivity contribution in [3.05, 3.63) is 52.5 Å². The molecule has 27 heavy (non-hydrogen) atoms. The monoisotopic (exact) mass is 405 g/mol. The van der Waals surface area contributed by atoms with Crippen LogP contribution in [0, 0.1) is 6.92 Å². The zero-order chi connectivity index (χ0) is 20.0. The van der Waals surface area contributed by atoms with Gasteiger partial charge in [0.2, 0.25) is 0 Å². The topological polar surface area (TPSA) is 53.6 Å². The molecule has 2 N–H and O–H groups in total. The quantitative estimate of drug-likeness (QED) is 0.686. The van der Waals surface area contributed by atoms with Crippen molar-refractivity contribution >= 4 is 46.2 Å². The number of halogens is 1. The molecule has 0 radical (unpaired) electrons. The second-order valence-electron chi connectivity index (χ2n) is 5.92. The molecule has 0 aromatic heterocycles. The summed E-state index contributed by atoms with van der Waals surface area (Å²) in [6, 6.07) is 10.9. The number of carbonyl (C=O) groups excluding carboxylic acids is 1. The summed E-state index contributed by atoms with van der Waals surface area (Å²) in [4.78, 5) is 14.8. The molecule has 2 aromatic rings. The number of benzene rings is 2. The van der Waals surface area contributed by atoms with Gasteiger partial charge in [0.25, 0.3) is 5.91 Å². The third-order valence-corrected chi connectivity index (χ3v) is 4.66. The van der Waals surface area contributed by atoms with Crippen LogP contribution in [-0.4, -0.2) is 31.2 Å². The van der Waals surface area contributed by atoms with Gasteiger partial charge in [0.1, 0.15) is 5.75 Å². The molecular formula is C20H24ClN3O2S. The third kappa shape index (κ3) is 5.34. The van der Waals surface area contributed by atoms with E-state index in [0.29, 0.717) is 16.3 Å². The van der Waals surface area contributed by atoms with Crippen LogP contribution in [0.4, 0.5) is 11.4 Å². The molecule has 0 fully saturated rings. The lowest BCUT2D eigenvalue weighted by Crippen LogP contribution is -2.34. The summed E-state index contributed by atoms with van der Waals surface area (Å²) in [5.41, 5.74) is 3.36. The molecule has 0 aliphatic rings. The fraction of sp³-hybridized carbons (Fsp3) is 0.300. The fourth-order valence-corrected chi connectivity index (χ4v) is 3.13. The number of nitrogens with zero attached hydrogens (tertiary/aromatic N) is 1. The smallest absolute Gasteiger partial charge is 0.261 e. The van der Waals surface area contributed by atoms with E-state index >= 15 is 0 Å². The summed E-state index contributed by atoms with van der Waals surface area (Å²) in [5, 5.41) is 6.39. The lowest BCUT2D eigenvalue weighted by Gasteiger charge is -2.22. The van der Waals surface area contributed by atoms with Gasteiger partial charge >= 0.3 is 0 Å². The summed E-state index contributed by atoms with van der Waals surface area (Å²) < 4.78 is 5.21. The average Bonchev–Trinajstić information content (AvgIpc) is 2.64. The Morgan fingerprint density at radius 3 is 2.48 bits per heavy atom. The molecule has 1 amide bonds. The molecule has 0 bridgehead atoms. The van der Waals surface area contributed by atoms with Crippen molar-refractivity contribution in [3.8, 4) is 5.75 Å². The van der Waals surface area contributed by atoms with Gasteiger partial charge < -0.3 is 15.0 Å². The van der Waals surface area contributed by atoms with Gasteiger partial charge in [-0.3, -0.25) is 10.1 Å². The van der Waals surface area contributed by atoms with Gasteiger partial charge in [0.05, 0.1) is 12.7 Å². The minimum Gasteiger partial charge on any atom is -0.496 e. The molecule has 0 heterocycles. The molecular weight excluding hydrogens is 382 g/mol. The van der Waals surface area contributed by atoms with Gasteiger partial charge in [0.15, 0.2) is 5.11 Å². The molecule has 0 saturated heterocycles. The number of rotatable bonds is 6. The first-order chi connectivity index (χ1) is 12.9. The maximum absolute atomic E-state index is 12.5. The van der Waals surface area contributed by atoms with E-state index in [-0.39, 0.29) is 11.0 Å². The molecule has 7 heteroatoms. The summed E-state index contributed by atoms with van der Waals surface area (Å²) in [7, 11) is 1.50. The SMILES string of the molecule is CCN(CC)c1ccc(NC(=S)NC(=O)c2cc(Cl)ccc2OC)c(C)c1. The number of methoxy groups -OCH3 is 1. The Labute approximate surface area is 170 Å². The van der Waals surface area contributed by atoms with E-state index in [2.05, 4.69) is 35.4 Å². The van der Waals surface area contributed by atoms with E-state index < -0.39 is 0 Å². The summed E-state index contributed by atoms with van der Waals surface area (Å²) in [6.45, 7) is 8.14. The van der Waals surface area contributed by atoms with Crippen molar-refractivity contribution in [2.75, 3.05) is 30.4 Å². The Morgan fingerprint density at radius 1 is 1.19 bits per heavy atom. The Morgan fingerprint density at radius 2 is 1.89 bits per heavy atom. The number of amides is 1. The highest BCUT2D eigenvalue weighted by Gasteiger charge is 2.15. The molecule has 5 nitrogen and oxygen atoms in total. The van der Waals surface area contributed by atoms with Crippen molar-refractivity contribution in [1.82, 2.24) is 5.32 Å². The minimum absolute atomic E-state index is 0.209. The summed E-state index contributed by atoms with van der Waals surface area (Å²) in [5.74, 6) is 0.0451. The molecule has 0 spiro atoms. The van der Waals surface area contributed by atoms with Crippen LogP contribution in [-0.2, 0) is 0 Å². The maximum Gasteiger partial charge on any atom is 0.261 e. The normalized spacial score (nSPS) is 10.3. The second kappa shape index (κ2) is 9.58. The van der Waals surface area contributed by atoms with Crippen LogP contribution in [0.25, 0.3) is 0 Å².